The second-order valence-electron chi connectivity index (χ2n) is 8.82. The summed E-state index contributed by atoms with van der Waals surface area (Å²) in [5, 5.41) is 3.18. The van der Waals surface area contributed by atoms with Crippen molar-refractivity contribution in [3.63, 3.8) is 0 Å². The molecule has 1 heterocycles. The summed E-state index contributed by atoms with van der Waals surface area (Å²) in [5.41, 5.74) is 2.76. The van der Waals surface area contributed by atoms with Crippen LogP contribution in [0.3, 0.4) is 0 Å². The van der Waals surface area contributed by atoms with E-state index < -0.39 is 29.1 Å². The van der Waals surface area contributed by atoms with E-state index >= 15 is 0 Å². The number of cyclic esters (lactones) is 2. The van der Waals surface area contributed by atoms with E-state index in [1.807, 2.05) is 44.2 Å². The zero-order chi connectivity index (χ0) is 22.6. The van der Waals surface area contributed by atoms with Gasteiger partial charge in [-0.15, -0.1) is 0 Å². The lowest BCUT2D eigenvalue weighted by molar-refractivity contribution is -0.240. The summed E-state index contributed by atoms with van der Waals surface area (Å²) in [5.74, 6) is -3.51. The highest BCUT2D eigenvalue weighted by molar-refractivity contribution is 6.64. The smallest absolute Gasteiger partial charge is 0.323 e. The molecule has 1 aliphatic rings. The average Bonchev–Trinajstić information content (AvgIpc) is 2.72. The number of rotatable bonds is 8. The summed E-state index contributed by atoms with van der Waals surface area (Å²) in [6.45, 7) is 7.10. The van der Waals surface area contributed by atoms with E-state index in [1.54, 1.807) is 0 Å². The Kier molecular flexibility index (Phi) is 6.65. The topological polar surface area (TPSA) is 81.7 Å². The summed E-state index contributed by atoms with van der Waals surface area (Å²) >= 11 is 0. The third kappa shape index (κ3) is 5.23. The fourth-order valence-corrected chi connectivity index (χ4v) is 3.92. The largest absolute Gasteiger partial charge is 0.422 e. The maximum atomic E-state index is 12.5. The lowest BCUT2D eigenvalue weighted by atomic mass is 9.72. The molecule has 0 spiro atoms. The normalized spacial score (nSPS) is 17.4. The first kappa shape index (κ1) is 22.8. The summed E-state index contributed by atoms with van der Waals surface area (Å²) < 4.78 is 10.5. The van der Waals surface area contributed by atoms with Crippen LogP contribution in [0.15, 0.2) is 54.6 Å². The minimum Gasteiger partial charge on any atom is -0.422 e. The monoisotopic (exact) mass is 421 g/mol. The number of ether oxygens (including phenoxy) is 2. The van der Waals surface area contributed by atoms with E-state index in [1.165, 1.54) is 13.8 Å². The first-order chi connectivity index (χ1) is 14.6. The van der Waals surface area contributed by atoms with Crippen LogP contribution in [-0.4, -0.2) is 37.4 Å². The lowest BCUT2D eigenvalue weighted by Gasteiger charge is -2.39. The Morgan fingerprint density at radius 3 is 2.10 bits per heavy atom. The molecule has 3 rings (SSSR count). The van der Waals surface area contributed by atoms with Crippen LogP contribution in [0.1, 0.15) is 39.7 Å². The Hall–Kier alpha value is -2.93. The van der Waals surface area contributed by atoms with Crippen molar-refractivity contribution in [3.8, 4) is 11.1 Å². The highest BCUT2D eigenvalue weighted by Gasteiger charge is 2.46. The van der Waals surface area contributed by atoms with E-state index in [-0.39, 0.29) is 19.9 Å². The molecule has 0 unspecified atom stereocenters. The predicted octanol–water partition coefficient (Wildman–Crippen LogP) is 2.97. The fourth-order valence-electron chi connectivity index (χ4n) is 3.92. The summed E-state index contributed by atoms with van der Waals surface area (Å²) in [7, 11) is 0.110. The minimum absolute atomic E-state index is 0.110. The molecule has 0 bridgehead atoms. The van der Waals surface area contributed by atoms with Gasteiger partial charge in [0.1, 0.15) is 0 Å². The van der Waals surface area contributed by atoms with E-state index in [2.05, 4.69) is 29.5 Å². The van der Waals surface area contributed by atoms with E-state index in [0.717, 1.165) is 22.9 Å². The van der Waals surface area contributed by atoms with Crippen molar-refractivity contribution >= 4 is 25.5 Å². The number of hydrogen-bond acceptors (Lipinski definition) is 6. The molecule has 1 saturated heterocycles. The van der Waals surface area contributed by atoms with Crippen molar-refractivity contribution in [1.82, 2.24) is 5.23 Å². The van der Waals surface area contributed by atoms with Gasteiger partial charge in [-0.25, -0.2) is 0 Å². The Morgan fingerprint density at radius 2 is 1.55 bits per heavy atom. The molecular weight excluding hydrogens is 393 g/mol. The second-order valence-corrected chi connectivity index (χ2v) is 8.82. The van der Waals surface area contributed by atoms with Crippen molar-refractivity contribution in [2.24, 2.45) is 5.92 Å². The molecule has 2 aromatic rings. The van der Waals surface area contributed by atoms with E-state index in [4.69, 9.17) is 9.47 Å². The maximum Gasteiger partial charge on any atom is 0.323 e. The van der Waals surface area contributed by atoms with Gasteiger partial charge in [0.05, 0.1) is 6.19 Å². The predicted molar refractivity (Wildman–Crippen MR) is 120 cm³/mol. The molecule has 31 heavy (non-hydrogen) atoms. The van der Waals surface area contributed by atoms with Gasteiger partial charge in [-0.2, -0.15) is 0 Å². The molecule has 2 aromatic carbocycles. The van der Waals surface area contributed by atoms with Crippen LogP contribution < -0.4 is 5.23 Å². The molecule has 0 saturated carbocycles. The van der Waals surface area contributed by atoms with Gasteiger partial charge < -0.3 is 19.5 Å². The Morgan fingerprint density at radius 1 is 1.00 bits per heavy atom. The number of carbonyl (C=O) groups is 3. The SMILES string of the molecule is CC1(C)OC(=O)C(C[C@H](NBC=O)C(C)(C)c2ccc(-c3ccccc3)cc2)C(=O)O1. The van der Waals surface area contributed by atoms with E-state index in [9.17, 15) is 14.4 Å². The zero-order valence-corrected chi connectivity index (χ0v) is 18.4. The molecule has 6 nitrogen and oxygen atoms in total. The molecule has 0 aliphatic carbocycles. The number of hydrogen-bond donors (Lipinski definition) is 1. The van der Waals surface area contributed by atoms with Gasteiger partial charge in [-0.3, -0.25) is 9.59 Å². The van der Waals surface area contributed by atoms with Gasteiger partial charge in [0.15, 0.2) is 5.92 Å². The molecule has 1 atom stereocenters. The molecular formula is C24H28BNO5. The van der Waals surface area contributed by atoms with Crippen LogP contribution in [0.2, 0.25) is 0 Å². The maximum absolute atomic E-state index is 12.5. The molecule has 0 radical (unpaired) electrons. The quantitative estimate of drug-likeness (QED) is 0.306. The molecule has 0 amide bonds. The lowest BCUT2D eigenvalue weighted by Crippen LogP contribution is -2.53. The third-order valence-electron chi connectivity index (χ3n) is 5.79. The molecule has 1 N–H and O–H groups in total. The van der Waals surface area contributed by atoms with Crippen LogP contribution in [0, 0.1) is 5.92 Å². The van der Waals surface area contributed by atoms with Crippen LogP contribution >= 0.6 is 0 Å². The van der Waals surface area contributed by atoms with Gasteiger partial charge in [-0.1, -0.05) is 68.4 Å². The van der Waals surface area contributed by atoms with Gasteiger partial charge in [0.2, 0.25) is 0 Å². The summed E-state index contributed by atoms with van der Waals surface area (Å²) in [6, 6.07) is 17.9. The number of esters is 2. The van der Waals surface area contributed by atoms with Crippen molar-refractivity contribution in [2.45, 2.75) is 51.4 Å². The summed E-state index contributed by atoms with van der Waals surface area (Å²) in [6.07, 6.45) is 0.928. The first-order valence-electron chi connectivity index (χ1n) is 10.4. The van der Waals surface area contributed by atoms with Crippen LogP contribution in [-0.2, 0) is 29.3 Å². The molecule has 0 aromatic heterocycles. The molecule has 7 heteroatoms. The summed E-state index contributed by atoms with van der Waals surface area (Å²) in [4.78, 5) is 36.0. The van der Waals surface area contributed by atoms with E-state index in [0.29, 0.717) is 0 Å². The average molecular weight is 421 g/mol. The third-order valence-corrected chi connectivity index (χ3v) is 5.79. The zero-order valence-electron chi connectivity index (χ0n) is 18.4. The van der Waals surface area contributed by atoms with Crippen molar-refractivity contribution < 1.29 is 23.9 Å². The van der Waals surface area contributed by atoms with Crippen LogP contribution in [0.25, 0.3) is 11.1 Å². The van der Waals surface area contributed by atoms with Crippen molar-refractivity contribution in [3.05, 3.63) is 60.2 Å². The second kappa shape index (κ2) is 9.06. The Balaban J connectivity index is 1.84. The molecule has 162 valence electrons. The van der Waals surface area contributed by atoms with Gasteiger partial charge in [-0.05, 0) is 23.1 Å². The van der Waals surface area contributed by atoms with Crippen molar-refractivity contribution in [1.29, 1.82) is 0 Å². The highest BCUT2D eigenvalue weighted by Crippen LogP contribution is 2.34. The van der Waals surface area contributed by atoms with Crippen molar-refractivity contribution in [2.75, 3.05) is 0 Å². The van der Waals surface area contributed by atoms with Gasteiger partial charge in [0.25, 0.3) is 13.2 Å². The van der Waals surface area contributed by atoms with Gasteiger partial charge >= 0.3 is 11.9 Å². The first-order valence-corrected chi connectivity index (χ1v) is 10.4. The van der Waals surface area contributed by atoms with Gasteiger partial charge in [0, 0.05) is 25.3 Å². The highest BCUT2D eigenvalue weighted by atomic mass is 16.7. The molecule has 1 aliphatic heterocycles. The number of benzene rings is 2. The Labute approximate surface area is 183 Å². The number of carbonyl (C=O) groups excluding carboxylic acids is 3. The fraction of sp³-hybridized carbons (Fsp3) is 0.375. The molecule has 1 fully saturated rings. The number of nitrogens with one attached hydrogen (secondary N) is 1. The standard InChI is InChI=1S/C24H28BNO5/c1-23(2,18-12-10-17(11-13-18)16-8-6-5-7-9-16)20(26-25-15-27)14-19-21(28)30-24(3,4)31-22(19)29/h5-13,15,19-20,25-26H,14H2,1-4H3/t20-/m0/s1. The Bertz CT molecular complexity index is 920. The van der Waals surface area contributed by atoms with Crippen LogP contribution in [0.4, 0.5) is 0 Å². The minimum atomic E-state index is -1.26. The van der Waals surface area contributed by atoms with Crippen LogP contribution in [0.5, 0.6) is 0 Å².